The molecule has 0 aliphatic carbocycles. The van der Waals surface area contributed by atoms with Gasteiger partial charge < -0.3 is 15.8 Å². The van der Waals surface area contributed by atoms with Crippen LogP contribution in [0.2, 0.25) is 0 Å². The monoisotopic (exact) mass is 198 g/mol. The summed E-state index contributed by atoms with van der Waals surface area (Å²) in [6.07, 6.45) is 5.30. The minimum absolute atomic E-state index is 0.130. The number of esters is 1. The molecule has 0 saturated heterocycles. The molecule has 3 N–H and O–H groups in total. The Hall–Kier alpha value is -1.54. The van der Waals surface area contributed by atoms with Gasteiger partial charge in [0.2, 0.25) is 5.91 Å². The molecule has 0 saturated carbocycles. The number of carbonyl (C=O) groups excluding carboxylic acids is 2. The largest absolute Gasteiger partial charge is 0.469 e. The van der Waals surface area contributed by atoms with Gasteiger partial charge in [-0.3, -0.25) is 9.59 Å². The first kappa shape index (κ1) is 12.5. The van der Waals surface area contributed by atoms with E-state index in [4.69, 9.17) is 12.2 Å². The Morgan fingerprint density at radius 3 is 2.79 bits per heavy atom. The van der Waals surface area contributed by atoms with Crippen LogP contribution in [-0.4, -0.2) is 31.6 Å². The van der Waals surface area contributed by atoms with Gasteiger partial charge in [0, 0.05) is 13.0 Å². The molecule has 0 aliphatic rings. The fourth-order valence-corrected chi connectivity index (χ4v) is 0.741. The molecule has 0 aliphatic heterocycles. The molecule has 0 radical (unpaired) electrons. The summed E-state index contributed by atoms with van der Waals surface area (Å²) in [5, 5.41) is 2.47. The molecule has 1 amide bonds. The van der Waals surface area contributed by atoms with Gasteiger partial charge in [0.15, 0.2) is 0 Å². The van der Waals surface area contributed by atoms with E-state index in [1.807, 2.05) is 0 Å². The lowest BCUT2D eigenvalue weighted by Gasteiger charge is -2.08. The van der Waals surface area contributed by atoms with E-state index in [0.717, 1.165) is 0 Å². The average molecular weight is 198 g/mol. The lowest BCUT2D eigenvalue weighted by molar-refractivity contribution is -0.140. The number of amides is 1. The zero-order chi connectivity index (χ0) is 11.0. The van der Waals surface area contributed by atoms with Gasteiger partial charge in [-0.15, -0.1) is 12.3 Å². The van der Waals surface area contributed by atoms with E-state index in [1.165, 1.54) is 7.11 Å². The van der Waals surface area contributed by atoms with E-state index in [9.17, 15) is 9.59 Å². The van der Waals surface area contributed by atoms with Crippen molar-refractivity contribution in [1.29, 1.82) is 0 Å². The maximum Gasteiger partial charge on any atom is 0.307 e. The van der Waals surface area contributed by atoms with E-state index in [-0.39, 0.29) is 31.3 Å². The molecule has 0 heterocycles. The van der Waals surface area contributed by atoms with Crippen LogP contribution in [0.5, 0.6) is 0 Å². The van der Waals surface area contributed by atoms with Crippen LogP contribution in [0.15, 0.2) is 0 Å². The highest BCUT2D eigenvalue weighted by Gasteiger charge is 2.11. The molecule has 1 unspecified atom stereocenters. The molecule has 5 heteroatoms. The number of ether oxygens (including phenoxy) is 1. The van der Waals surface area contributed by atoms with E-state index in [0.29, 0.717) is 0 Å². The Morgan fingerprint density at radius 2 is 2.29 bits per heavy atom. The molecule has 14 heavy (non-hydrogen) atoms. The fourth-order valence-electron chi connectivity index (χ4n) is 0.741. The molecule has 0 spiro atoms. The molecular formula is C9H14N2O3. The van der Waals surface area contributed by atoms with Crippen molar-refractivity contribution < 1.29 is 14.3 Å². The Bertz CT molecular complexity index is 245. The van der Waals surface area contributed by atoms with E-state index < -0.39 is 6.04 Å². The van der Waals surface area contributed by atoms with Crippen LogP contribution < -0.4 is 11.1 Å². The first-order valence-corrected chi connectivity index (χ1v) is 4.15. The molecular weight excluding hydrogens is 184 g/mol. The van der Waals surface area contributed by atoms with E-state index in [2.05, 4.69) is 16.0 Å². The van der Waals surface area contributed by atoms with Gasteiger partial charge in [0.05, 0.1) is 19.6 Å². The van der Waals surface area contributed by atoms with Gasteiger partial charge in [0.25, 0.3) is 0 Å². The fraction of sp³-hybridized carbons (Fsp3) is 0.556. The molecule has 0 aromatic carbocycles. The average Bonchev–Trinajstić information content (AvgIpc) is 2.17. The summed E-state index contributed by atoms with van der Waals surface area (Å²) >= 11 is 0. The van der Waals surface area contributed by atoms with Crippen LogP contribution >= 0.6 is 0 Å². The van der Waals surface area contributed by atoms with Crippen molar-refractivity contribution in [3.8, 4) is 12.3 Å². The second kappa shape index (κ2) is 6.92. The van der Waals surface area contributed by atoms with Crippen molar-refractivity contribution >= 4 is 11.9 Å². The van der Waals surface area contributed by atoms with Gasteiger partial charge in [-0.05, 0) is 0 Å². The summed E-state index contributed by atoms with van der Waals surface area (Å²) in [6.45, 7) is 0.212. The number of hydrogen-bond donors (Lipinski definition) is 2. The molecule has 1 atom stereocenters. The summed E-state index contributed by atoms with van der Waals surface area (Å²) in [7, 11) is 1.29. The van der Waals surface area contributed by atoms with Crippen LogP contribution in [0.1, 0.15) is 12.8 Å². The summed E-state index contributed by atoms with van der Waals surface area (Å²) in [5.74, 6) is 1.55. The zero-order valence-electron chi connectivity index (χ0n) is 8.08. The lowest BCUT2D eigenvalue weighted by Crippen LogP contribution is -2.41. The number of nitrogens with one attached hydrogen (secondary N) is 1. The Balaban J connectivity index is 3.64. The predicted octanol–water partition coefficient (Wildman–Crippen LogP) is -0.984. The number of terminal acetylenes is 1. The van der Waals surface area contributed by atoms with Crippen molar-refractivity contribution in [2.45, 2.75) is 18.9 Å². The van der Waals surface area contributed by atoms with Crippen LogP contribution in [0.25, 0.3) is 0 Å². The highest BCUT2D eigenvalue weighted by Crippen LogP contribution is 1.87. The zero-order valence-corrected chi connectivity index (χ0v) is 8.08. The molecule has 0 bridgehead atoms. The molecule has 5 nitrogen and oxygen atoms in total. The van der Waals surface area contributed by atoms with E-state index in [1.54, 1.807) is 0 Å². The van der Waals surface area contributed by atoms with Crippen molar-refractivity contribution in [3.05, 3.63) is 0 Å². The second-order valence-corrected chi connectivity index (χ2v) is 2.63. The standard InChI is InChI=1S/C9H14N2O3/c1-3-4-7(10)9(13)11-6-5-8(12)14-2/h1,7H,4-6,10H2,2H3,(H,11,13). The second-order valence-electron chi connectivity index (χ2n) is 2.63. The van der Waals surface area contributed by atoms with Crippen LogP contribution in [0, 0.1) is 12.3 Å². The SMILES string of the molecule is C#CCC(N)C(=O)NCCC(=O)OC. The quantitative estimate of drug-likeness (QED) is 0.439. The third kappa shape index (κ3) is 5.17. The summed E-state index contributed by atoms with van der Waals surface area (Å²) in [6, 6.07) is -0.711. The summed E-state index contributed by atoms with van der Waals surface area (Å²) in [5.41, 5.74) is 5.41. The minimum atomic E-state index is -0.711. The highest BCUT2D eigenvalue weighted by molar-refractivity contribution is 5.82. The van der Waals surface area contributed by atoms with Crippen molar-refractivity contribution in [2.24, 2.45) is 5.73 Å². The first-order valence-electron chi connectivity index (χ1n) is 4.15. The molecule has 78 valence electrons. The van der Waals surface area contributed by atoms with Gasteiger partial charge >= 0.3 is 5.97 Å². The Morgan fingerprint density at radius 1 is 1.64 bits per heavy atom. The number of rotatable bonds is 5. The van der Waals surface area contributed by atoms with Crippen molar-refractivity contribution in [1.82, 2.24) is 5.32 Å². The molecule has 0 aromatic heterocycles. The highest BCUT2D eigenvalue weighted by atomic mass is 16.5. The smallest absolute Gasteiger partial charge is 0.307 e. The number of nitrogens with two attached hydrogens (primary N) is 1. The lowest BCUT2D eigenvalue weighted by atomic mass is 10.2. The number of methoxy groups -OCH3 is 1. The van der Waals surface area contributed by atoms with Gasteiger partial charge in [0.1, 0.15) is 0 Å². The van der Waals surface area contributed by atoms with Crippen molar-refractivity contribution in [2.75, 3.05) is 13.7 Å². The van der Waals surface area contributed by atoms with Gasteiger partial charge in [-0.25, -0.2) is 0 Å². The van der Waals surface area contributed by atoms with E-state index >= 15 is 0 Å². The molecule has 0 fully saturated rings. The van der Waals surface area contributed by atoms with Crippen LogP contribution in [-0.2, 0) is 14.3 Å². The normalized spacial score (nSPS) is 11.2. The van der Waals surface area contributed by atoms with Crippen LogP contribution in [0.3, 0.4) is 0 Å². The Kier molecular flexibility index (Phi) is 6.16. The van der Waals surface area contributed by atoms with Gasteiger partial charge in [-0.2, -0.15) is 0 Å². The number of carbonyl (C=O) groups is 2. The molecule has 0 aromatic rings. The first-order chi connectivity index (χ1) is 6.61. The maximum atomic E-state index is 11.1. The van der Waals surface area contributed by atoms with Gasteiger partial charge in [-0.1, -0.05) is 0 Å². The number of hydrogen-bond acceptors (Lipinski definition) is 4. The minimum Gasteiger partial charge on any atom is -0.469 e. The Labute approximate surface area is 83.0 Å². The topological polar surface area (TPSA) is 81.4 Å². The summed E-state index contributed by atoms with van der Waals surface area (Å²) in [4.78, 5) is 21.8. The third-order valence-corrected chi connectivity index (χ3v) is 1.53. The third-order valence-electron chi connectivity index (χ3n) is 1.53. The maximum absolute atomic E-state index is 11.1. The van der Waals surface area contributed by atoms with Crippen molar-refractivity contribution in [3.63, 3.8) is 0 Å². The van der Waals surface area contributed by atoms with Crippen LogP contribution in [0.4, 0.5) is 0 Å². The molecule has 0 rings (SSSR count). The summed E-state index contributed by atoms with van der Waals surface area (Å²) < 4.78 is 4.39. The predicted molar refractivity (Wildman–Crippen MR) is 51.1 cm³/mol.